The van der Waals surface area contributed by atoms with Crippen LogP contribution in [-0.2, 0) is 17.5 Å². The van der Waals surface area contributed by atoms with Crippen molar-refractivity contribution < 1.29 is 22.3 Å². The zero-order chi connectivity index (χ0) is 17.9. The summed E-state index contributed by atoms with van der Waals surface area (Å²) in [5.41, 5.74) is -0.0915. The Hall–Kier alpha value is -2.22. The van der Waals surface area contributed by atoms with Gasteiger partial charge in [-0.15, -0.1) is 10.2 Å². The van der Waals surface area contributed by atoms with Gasteiger partial charge in [0.05, 0.1) is 12.7 Å². The molecule has 1 aliphatic rings. The highest BCUT2D eigenvalue weighted by Crippen LogP contribution is 2.28. The maximum atomic E-state index is 12.9. The van der Waals surface area contributed by atoms with Crippen molar-refractivity contribution >= 4 is 5.82 Å². The van der Waals surface area contributed by atoms with Crippen LogP contribution in [0.25, 0.3) is 0 Å². The van der Waals surface area contributed by atoms with Crippen molar-refractivity contribution in [3.05, 3.63) is 53.5 Å². The monoisotopic (exact) mass is 355 g/mol. The number of benzene rings is 1. The van der Waals surface area contributed by atoms with Crippen LogP contribution in [0.4, 0.5) is 23.4 Å². The summed E-state index contributed by atoms with van der Waals surface area (Å²) < 4.78 is 56.2. The van der Waals surface area contributed by atoms with E-state index in [0.717, 1.165) is 24.5 Å². The first-order chi connectivity index (χ1) is 11.9. The maximum Gasteiger partial charge on any atom is 0.435 e. The molecule has 0 bridgehead atoms. The molecular formula is C17H17F4N3O. The van der Waals surface area contributed by atoms with Gasteiger partial charge in [0.1, 0.15) is 5.82 Å². The van der Waals surface area contributed by atoms with E-state index in [-0.39, 0.29) is 11.9 Å². The molecule has 1 aromatic carbocycles. The molecule has 1 aromatic heterocycles. The van der Waals surface area contributed by atoms with Gasteiger partial charge in [0.2, 0.25) is 0 Å². The van der Waals surface area contributed by atoms with Gasteiger partial charge in [-0.05, 0) is 42.7 Å². The molecule has 2 aromatic rings. The van der Waals surface area contributed by atoms with Crippen LogP contribution < -0.4 is 4.90 Å². The fraction of sp³-hybridized carbons (Fsp3) is 0.412. The summed E-state index contributed by atoms with van der Waals surface area (Å²) in [7, 11) is 0. The van der Waals surface area contributed by atoms with Crippen LogP contribution in [0.3, 0.4) is 0 Å². The second-order valence-corrected chi connectivity index (χ2v) is 5.90. The highest BCUT2D eigenvalue weighted by Gasteiger charge is 2.33. The molecule has 0 unspecified atom stereocenters. The minimum Gasteiger partial charge on any atom is -0.373 e. The molecule has 1 saturated heterocycles. The first kappa shape index (κ1) is 17.6. The number of halogens is 4. The zero-order valence-electron chi connectivity index (χ0n) is 13.3. The van der Waals surface area contributed by atoms with E-state index in [1.165, 1.54) is 18.2 Å². The third-order valence-electron chi connectivity index (χ3n) is 4.11. The highest BCUT2D eigenvalue weighted by molar-refractivity contribution is 5.38. The summed E-state index contributed by atoms with van der Waals surface area (Å²) in [6.07, 6.45) is -2.94. The van der Waals surface area contributed by atoms with Gasteiger partial charge in [0, 0.05) is 13.1 Å². The minimum absolute atomic E-state index is 0.0590. The van der Waals surface area contributed by atoms with Crippen LogP contribution in [0.5, 0.6) is 0 Å². The van der Waals surface area contributed by atoms with Crippen molar-refractivity contribution in [2.75, 3.05) is 18.0 Å². The largest absolute Gasteiger partial charge is 0.435 e. The van der Waals surface area contributed by atoms with Crippen LogP contribution in [0.1, 0.15) is 24.1 Å². The Kier molecular flexibility index (Phi) is 5.17. The van der Waals surface area contributed by atoms with E-state index in [9.17, 15) is 17.6 Å². The number of aromatic nitrogens is 2. The molecule has 25 heavy (non-hydrogen) atoms. The first-order valence-corrected chi connectivity index (χ1v) is 7.94. The van der Waals surface area contributed by atoms with Gasteiger partial charge in [-0.3, -0.25) is 0 Å². The van der Waals surface area contributed by atoms with Crippen LogP contribution in [0.15, 0.2) is 36.4 Å². The molecule has 8 heteroatoms. The van der Waals surface area contributed by atoms with Crippen LogP contribution >= 0.6 is 0 Å². The fourth-order valence-corrected chi connectivity index (χ4v) is 2.69. The summed E-state index contributed by atoms with van der Waals surface area (Å²) in [4.78, 5) is 1.89. The smallest absolute Gasteiger partial charge is 0.373 e. The second kappa shape index (κ2) is 7.35. The van der Waals surface area contributed by atoms with E-state index in [4.69, 9.17) is 4.74 Å². The number of rotatable bonds is 4. The van der Waals surface area contributed by atoms with Crippen molar-refractivity contribution in [1.29, 1.82) is 0 Å². The summed E-state index contributed by atoms with van der Waals surface area (Å²) in [6.45, 7) is 1.67. The summed E-state index contributed by atoms with van der Waals surface area (Å²) in [5, 5.41) is 6.92. The zero-order valence-corrected chi connectivity index (χ0v) is 13.3. The Balaban J connectivity index is 1.49. The van der Waals surface area contributed by atoms with Gasteiger partial charge in [0.25, 0.3) is 0 Å². The number of piperidine rings is 1. The van der Waals surface area contributed by atoms with E-state index in [0.29, 0.717) is 25.5 Å². The molecule has 1 fully saturated rings. The van der Waals surface area contributed by atoms with Crippen molar-refractivity contribution in [2.45, 2.75) is 31.7 Å². The van der Waals surface area contributed by atoms with Gasteiger partial charge in [-0.2, -0.15) is 13.2 Å². The summed E-state index contributed by atoms with van der Waals surface area (Å²) in [6, 6.07) is 8.44. The predicted molar refractivity (Wildman–Crippen MR) is 83.5 cm³/mol. The van der Waals surface area contributed by atoms with E-state index >= 15 is 0 Å². The minimum atomic E-state index is -4.48. The van der Waals surface area contributed by atoms with Crippen molar-refractivity contribution in [3.8, 4) is 0 Å². The number of alkyl halides is 3. The normalized spacial score (nSPS) is 16.2. The Bertz CT molecular complexity index is 681. The van der Waals surface area contributed by atoms with Crippen molar-refractivity contribution in [2.24, 2.45) is 0 Å². The summed E-state index contributed by atoms with van der Waals surface area (Å²) >= 11 is 0. The lowest BCUT2D eigenvalue weighted by molar-refractivity contribution is -0.141. The average molecular weight is 355 g/mol. The SMILES string of the molecule is Fc1ccc(COC2CCN(c3ccc(C(F)(F)F)nn3)CC2)cc1. The first-order valence-electron chi connectivity index (χ1n) is 7.94. The molecule has 0 amide bonds. The molecule has 0 atom stereocenters. The topological polar surface area (TPSA) is 38.2 Å². The Morgan fingerprint density at radius 1 is 1.00 bits per heavy atom. The number of hydrogen-bond donors (Lipinski definition) is 0. The molecule has 2 heterocycles. The maximum absolute atomic E-state index is 12.9. The van der Waals surface area contributed by atoms with E-state index in [1.807, 2.05) is 4.90 Å². The lowest BCUT2D eigenvalue weighted by atomic mass is 10.1. The van der Waals surface area contributed by atoms with Gasteiger partial charge in [-0.1, -0.05) is 12.1 Å². The van der Waals surface area contributed by atoms with Crippen LogP contribution in [0.2, 0.25) is 0 Å². The molecule has 0 N–H and O–H groups in total. The third-order valence-corrected chi connectivity index (χ3v) is 4.11. The molecule has 0 spiro atoms. The predicted octanol–water partition coefficient (Wildman–Crippen LogP) is 3.82. The lowest BCUT2D eigenvalue weighted by Crippen LogP contribution is -2.37. The third kappa shape index (κ3) is 4.66. The molecule has 0 aliphatic carbocycles. The van der Waals surface area contributed by atoms with Crippen molar-refractivity contribution in [1.82, 2.24) is 10.2 Å². The van der Waals surface area contributed by atoms with Crippen LogP contribution in [-0.4, -0.2) is 29.4 Å². The molecule has 1 aliphatic heterocycles. The van der Waals surface area contributed by atoms with Gasteiger partial charge in [-0.25, -0.2) is 4.39 Å². The number of anilines is 1. The summed E-state index contributed by atoms with van der Waals surface area (Å²) in [5.74, 6) is 0.152. The second-order valence-electron chi connectivity index (χ2n) is 5.90. The van der Waals surface area contributed by atoms with E-state index in [2.05, 4.69) is 10.2 Å². The number of hydrogen-bond acceptors (Lipinski definition) is 4. The molecule has 0 saturated carbocycles. The van der Waals surface area contributed by atoms with Gasteiger partial charge >= 0.3 is 6.18 Å². The van der Waals surface area contributed by atoms with Gasteiger partial charge < -0.3 is 9.64 Å². The lowest BCUT2D eigenvalue weighted by Gasteiger charge is -2.32. The molecular weight excluding hydrogens is 338 g/mol. The highest BCUT2D eigenvalue weighted by atomic mass is 19.4. The standard InChI is InChI=1S/C17H17F4N3O/c18-13-3-1-12(2-4-13)11-25-14-7-9-24(10-8-14)16-6-5-15(22-23-16)17(19,20)21/h1-6,14H,7-11H2. The molecule has 134 valence electrons. The Morgan fingerprint density at radius 3 is 2.24 bits per heavy atom. The van der Waals surface area contributed by atoms with Gasteiger partial charge in [0.15, 0.2) is 11.5 Å². The Morgan fingerprint density at radius 2 is 1.68 bits per heavy atom. The molecule has 0 radical (unpaired) electrons. The van der Waals surface area contributed by atoms with E-state index < -0.39 is 11.9 Å². The van der Waals surface area contributed by atoms with E-state index in [1.54, 1.807) is 12.1 Å². The quantitative estimate of drug-likeness (QED) is 0.782. The molecule has 4 nitrogen and oxygen atoms in total. The number of ether oxygens (including phenoxy) is 1. The number of nitrogens with zero attached hydrogens (tertiary/aromatic N) is 3. The Labute approximate surface area is 142 Å². The molecule has 3 rings (SSSR count). The average Bonchev–Trinajstić information content (AvgIpc) is 2.61. The van der Waals surface area contributed by atoms with Crippen molar-refractivity contribution in [3.63, 3.8) is 0 Å². The van der Waals surface area contributed by atoms with Crippen LogP contribution in [0, 0.1) is 5.82 Å². The fourth-order valence-electron chi connectivity index (χ4n) is 2.69.